The third-order valence-corrected chi connectivity index (χ3v) is 5.05. The SMILES string of the molecule is Cn1c(SCC(=O)Nc2ccccc2)nnc1-c1ccccc1Br. The molecule has 3 rings (SSSR count). The molecule has 0 saturated carbocycles. The molecule has 1 aromatic heterocycles. The van der Waals surface area contributed by atoms with E-state index in [-0.39, 0.29) is 11.7 Å². The predicted octanol–water partition coefficient (Wildman–Crippen LogP) is 3.98. The summed E-state index contributed by atoms with van der Waals surface area (Å²) in [5.41, 5.74) is 1.75. The molecule has 7 heteroatoms. The zero-order valence-electron chi connectivity index (χ0n) is 12.9. The van der Waals surface area contributed by atoms with Gasteiger partial charge in [0.1, 0.15) is 0 Å². The summed E-state index contributed by atoms with van der Waals surface area (Å²) in [6.07, 6.45) is 0. The highest BCUT2D eigenvalue weighted by atomic mass is 79.9. The van der Waals surface area contributed by atoms with Crippen LogP contribution in [0.1, 0.15) is 0 Å². The van der Waals surface area contributed by atoms with E-state index >= 15 is 0 Å². The first kappa shape index (κ1) is 16.7. The first-order chi connectivity index (χ1) is 11.6. The highest BCUT2D eigenvalue weighted by Crippen LogP contribution is 2.28. The summed E-state index contributed by atoms with van der Waals surface area (Å²) in [5.74, 6) is 0.960. The minimum Gasteiger partial charge on any atom is -0.325 e. The Balaban J connectivity index is 1.67. The number of carbonyl (C=O) groups excluding carboxylic acids is 1. The fraction of sp³-hybridized carbons (Fsp3) is 0.118. The highest BCUT2D eigenvalue weighted by Gasteiger charge is 2.14. The van der Waals surface area contributed by atoms with Gasteiger partial charge >= 0.3 is 0 Å². The molecule has 0 aliphatic carbocycles. The molecule has 0 bridgehead atoms. The maximum Gasteiger partial charge on any atom is 0.234 e. The number of aromatic nitrogens is 3. The number of rotatable bonds is 5. The molecule has 3 aromatic rings. The van der Waals surface area contributed by atoms with Crippen molar-refractivity contribution in [1.29, 1.82) is 0 Å². The van der Waals surface area contributed by atoms with Crippen LogP contribution in [-0.4, -0.2) is 26.4 Å². The van der Waals surface area contributed by atoms with Crippen LogP contribution in [0.4, 0.5) is 5.69 Å². The smallest absolute Gasteiger partial charge is 0.234 e. The summed E-state index contributed by atoms with van der Waals surface area (Å²) in [4.78, 5) is 12.0. The average Bonchev–Trinajstić information content (AvgIpc) is 2.95. The fourth-order valence-corrected chi connectivity index (χ4v) is 3.34. The first-order valence-corrected chi connectivity index (χ1v) is 9.05. The van der Waals surface area contributed by atoms with Gasteiger partial charge in [-0.25, -0.2) is 0 Å². The number of para-hydroxylation sites is 1. The number of hydrogen-bond acceptors (Lipinski definition) is 4. The Morgan fingerprint density at radius 1 is 1.12 bits per heavy atom. The summed E-state index contributed by atoms with van der Waals surface area (Å²) in [5, 5.41) is 12.0. The summed E-state index contributed by atoms with van der Waals surface area (Å²) < 4.78 is 2.85. The molecule has 0 fully saturated rings. The second-order valence-electron chi connectivity index (χ2n) is 5.05. The lowest BCUT2D eigenvalue weighted by Gasteiger charge is -2.06. The van der Waals surface area contributed by atoms with Crippen LogP contribution in [0.15, 0.2) is 64.2 Å². The van der Waals surface area contributed by atoms with Crippen molar-refractivity contribution in [2.75, 3.05) is 11.1 Å². The molecule has 0 aliphatic heterocycles. The van der Waals surface area contributed by atoms with Crippen LogP contribution in [0.3, 0.4) is 0 Å². The molecule has 122 valence electrons. The van der Waals surface area contributed by atoms with Gasteiger partial charge in [-0.1, -0.05) is 64.1 Å². The third kappa shape index (κ3) is 3.85. The molecule has 0 spiro atoms. The van der Waals surface area contributed by atoms with E-state index < -0.39 is 0 Å². The Hall–Kier alpha value is -2.12. The van der Waals surface area contributed by atoms with Gasteiger partial charge in [-0.05, 0) is 18.2 Å². The number of halogens is 1. The van der Waals surface area contributed by atoms with Crippen molar-refractivity contribution in [3.05, 3.63) is 59.1 Å². The van der Waals surface area contributed by atoms with Crippen LogP contribution in [-0.2, 0) is 11.8 Å². The van der Waals surface area contributed by atoms with E-state index in [0.717, 1.165) is 21.5 Å². The second-order valence-corrected chi connectivity index (χ2v) is 6.84. The molecular weight excluding hydrogens is 388 g/mol. The maximum absolute atomic E-state index is 12.0. The molecular formula is C17H15BrN4OS. The summed E-state index contributed by atoms with van der Waals surface area (Å²) in [6.45, 7) is 0. The van der Waals surface area contributed by atoms with Crippen molar-refractivity contribution < 1.29 is 4.79 Å². The van der Waals surface area contributed by atoms with Gasteiger partial charge in [0.25, 0.3) is 0 Å². The molecule has 0 aliphatic rings. The van der Waals surface area contributed by atoms with Crippen LogP contribution in [0, 0.1) is 0 Å². The molecule has 0 unspecified atom stereocenters. The third-order valence-electron chi connectivity index (χ3n) is 3.34. The number of anilines is 1. The van der Waals surface area contributed by atoms with Gasteiger partial charge in [-0.15, -0.1) is 10.2 Å². The zero-order chi connectivity index (χ0) is 16.9. The van der Waals surface area contributed by atoms with Crippen LogP contribution in [0.5, 0.6) is 0 Å². The van der Waals surface area contributed by atoms with Crippen LogP contribution in [0.2, 0.25) is 0 Å². The lowest BCUT2D eigenvalue weighted by atomic mass is 10.2. The van der Waals surface area contributed by atoms with Crippen molar-refractivity contribution >= 4 is 39.3 Å². The highest BCUT2D eigenvalue weighted by molar-refractivity contribution is 9.10. The Morgan fingerprint density at radius 2 is 1.83 bits per heavy atom. The lowest BCUT2D eigenvalue weighted by Crippen LogP contribution is -2.14. The molecule has 24 heavy (non-hydrogen) atoms. The monoisotopic (exact) mass is 402 g/mol. The van der Waals surface area contributed by atoms with Crippen LogP contribution >= 0.6 is 27.7 Å². The minimum absolute atomic E-state index is 0.0726. The summed E-state index contributed by atoms with van der Waals surface area (Å²) >= 11 is 4.88. The van der Waals surface area contributed by atoms with Crippen molar-refractivity contribution in [3.8, 4) is 11.4 Å². The van der Waals surface area contributed by atoms with Gasteiger partial charge in [0, 0.05) is 22.8 Å². The second kappa shape index (κ2) is 7.63. The number of carbonyl (C=O) groups is 1. The Labute approximate surface area is 152 Å². The summed E-state index contributed by atoms with van der Waals surface area (Å²) in [7, 11) is 1.90. The molecule has 0 radical (unpaired) electrons. The molecule has 5 nitrogen and oxygen atoms in total. The lowest BCUT2D eigenvalue weighted by molar-refractivity contribution is -0.113. The van der Waals surface area contributed by atoms with Crippen LogP contribution in [0.25, 0.3) is 11.4 Å². The summed E-state index contributed by atoms with van der Waals surface area (Å²) in [6, 6.07) is 17.2. The van der Waals surface area contributed by atoms with Gasteiger partial charge in [-0.2, -0.15) is 0 Å². The number of nitrogens with one attached hydrogen (secondary N) is 1. The molecule has 2 aromatic carbocycles. The van der Waals surface area contributed by atoms with Gasteiger partial charge in [-0.3, -0.25) is 4.79 Å². The van der Waals surface area contributed by atoms with E-state index in [1.165, 1.54) is 11.8 Å². The molecule has 0 atom stereocenters. The number of nitrogens with zero attached hydrogens (tertiary/aromatic N) is 3. The van der Waals surface area contributed by atoms with Gasteiger partial charge in [0.2, 0.25) is 5.91 Å². The van der Waals surface area contributed by atoms with Crippen molar-refractivity contribution in [2.45, 2.75) is 5.16 Å². The van der Waals surface area contributed by atoms with E-state index in [0.29, 0.717) is 5.16 Å². The molecule has 1 N–H and O–H groups in total. The van der Waals surface area contributed by atoms with Crippen molar-refractivity contribution in [1.82, 2.24) is 14.8 Å². The normalized spacial score (nSPS) is 10.6. The van der Waals surface area contributed by atoms with E-state index in [1.807, 2.05) is 66.2 Å². The first-order valence-electron chi connectivity index (χ1n) is 7.27. The Morgan fingerprint density at radius 3 is 2.58 bits per heavy atom. The van der Waals surface area contributed by atoms with E-state index in [4.69, 9.17) is 0 Å². The van der Waals surface area contributed by atoms with E-state index in [2.05, 4.69) is 31.4 Å². The van der Waals surface area contributed by atoms with Gasteiger partial charge in [0.05, 0.1) is 5.75 Å². The molecule has 1 heterocycles. The number of thioether (sulfide) groups is 1. The Bertz CT molecular complexity index is 851. The molecule has 0 saturated heterocycles. The van der Waals surface area contributed by atoms with Gasteiger partial charge < -0.3 is 9.88 Å². The maximum atomic E-state index is 12.0. The Kier molecular flexibility index (Phi) is 5.32. The average molecular weight is 403 g/mol. The minimum atomic E-state index is -0.0726. The standard InChI is InChI=1S/C17H15BrN4OS/c1-22-16(13-9-5-6-10-14(13)18)20-21-17(22)24-11-15(23)19-12-7-3-2-4-8-12/h2-10H,11H2,1H3,(H,19,23). The van der Waals surface area contributed by atoms with Crippen molar-refractivity contribution in [2.24, 2.45) is 7.05 Å². The van der Waals surface area contributed by atoms with E-state index in [9.17, 15) is 4.79 Å². The zero-order valence-corrected chi connectivity index (χ0v) is 15.3. The largest absolute Gasteiger partial charge is 0.325 e. The number of amides is 1. The van der Waals surface area contributed by atoms with Crippen molar-refractivity contribution in [3.63, 3.8) is 0 Å². The van der Waals surface area contributed by atoms with E-state index in [1.54, 1.807) is 0 Å². The molecule has 1 amide bonds. The predicted molar refractivity (Wildman–Crippen MR) is 99.9 cm³/mol. The van der Waals surface area contributed by atoms with Gasteiger partial charge in [0.15, 0.2) is 11.0 Å². The number of benzene rings is 2. The quantitative estimate of drug-likeness (QED) is 0.655. The topological polar surface area (TPSA) is 59.8 Å². The van der Waals surface area contributed by atoms with Crippen LogP contribution < -0.4 is 5.32 Å². The fourth-order valence-electron chi connectivity index (χ4n) is 2.17. The number of hydrogen-bond donors (Lipinski definition) is 1.